The Morgan fingerprint density at radius 3 is 2.18 bits per heavy atom. The Morgan fingerprint density at radius 1 is 1.04 bits per heavy atom. The molecule has 0 radical (unpaired) electrons. The first-order chi connectivity index (χ1) is 13.6. The Balaban J connectivity index is 1.60. The number of fused-ring (bicyclic) bond motifs is 2. The summed E-state index contributed by atoms with van der Waals surface area (Å²) >= 11 is 0. The van der Waals surface area contributed by atoms with Crippen LogP contribution in [0.4, 0.5) is 0 Å². The van der Waals surface area contributed by atoms with Crippen molar-refractivity contribution in [3.8, 4) is 0 Å². The molecule has 0 amide bonds. The summed E-state index contributed by atoms with van der Waals surface area (Å²) < 4.78 is 6.08. The van der Waals surface area contributed by atoms with Gasteiger partial charge in [0.2, 0.25) is 0 Å². The van der Waals surface area contributed by atoms with E-state index in [0.717, 1.165) is 24.0 Å². The van der Waals surface area contributed by atoms with E-state index < -0.39 is 5.41 Å². The molecule has 4 atom stereocenters. The van der Waals surface area contributed by atoms with Crippen molar-refractivity contribution in [1.82, 2.24) is 4.90 Å². The monoisotopic (exact) mass is 379 g/mol. The van der Waals surface area contributed by atoms with Gasteiger partial charge in [-0.05, 0) is 50.3 Å². The van der Waals surface area contributed by atoms with Gasteiger partial charge in [-0.25, -0.2) is 0 Å². The number of rotatable bonds is 6. The van der Waals surface area contributed by atoms with Crippen molar-refractivity contribution < 1.29 is 14.6 Å². The third kappa shape index (κ3) is 3.59. The number of aliphatic hydroxyl groups excluding tert-OH is 1. The minimum atomic E-state index is -1.08. The van der Waals surface area contributed by atoms with Gasteiger partial charge in [0.1, 0.15) is 11.5 Å². The first kappa shape index (κ1) is 19.2. The van der Waals surface area contributed by atoms with Gasteiger partial charge in [0.05, 0.1) is 6.61 Å². The van der Waals surface area contributed by atoms with E-state index in [9.17, 15) is 9.90 Å². The number of ether oxygens (including phenoxy) is 1. The molecule has 2 heterocycles. The van der Waals surface area contributed by atoms with E-state index in [1.54, 1.807) is 0 Å². The SMILES string of the molecule is CN1[C@@H]2CC[C@H]1C[C@@H](OC(=O)C(CO)(Cc1ccccc1)c1ccccc1)C2. The Morgan fingerprint density at radius 2 is 1.61 bits per heavy atom. The Labute approximate surface area is 167 Å². The molecular weight excluding hydrogens is 350 g/mol. The molecule has 148 valence electrons. The molecule has 0 saturated carbocycles. The van der Waals surface area contributed by atoms with Crippen LogP contribution in [0, 0.1) is 0 Å². The zero-order valence-corrected chi connectivity index (χ0v) is 16.5. The van der Waals surface area contributed by atoms with E-state index in [0.29, 0.717) is 18.5 Å². The number of piperidine rings is 1. The van der Waals surface area contributed by atoms with Gasteiger partial charge in [-0.1, -0.05) is 60.7 Å². The van der Waals surface area contributed by atoms with Crippen LogP contribution in [0.5, 0.6) is 0 Å². The van der Waals surface area contributed by atoms with Crippen LogP contribution in [-0.2, 0) is 21.4 Å². The van der Waals surface area contributed by atoms with Crippen LogP contribution in [0.25, 0.3) is 0 Å². The lowest BCUT2D eigenvalue weighted by Crippen LogP contribution is -2.48. The van der Waals surface area contributed by atoms with Crippen molar-refractivity contribution in [3.05, 3.63) is 71.8 Å². The molecule has 0 aromatic heterocycles. The summed E-state index contributed by atoms with van der Waals surface area (Å²) in [5.41, 5.74) is 0.744. The number of hydrogen-bond acceptors (Lipinski definition) is 4. The second-order valence-corrected chi connectivity index (χ2v) is 8.32. The average Bonchev–Trinajstić information content (AvgIpc) is 2.93. The van der Waals surface area contributed by atoms with Crippen LogP contribution in [0.1, 0.15) is 36.8 Å². The number of carbonyl (C=O) groups excluding carboxylic acids is 1. The van der Waals surface area contributed by atoms with Gasteiger partial charge in [0.25, 0.3) is 0 Å². The topological polar surface area (TPSA) is 49.8 Å². The highest BCUT2D eigenvalue weighted by Crippen LogP contribution is 2.37. The second kappa shape index (κ2) is 8.06. The molecule has 2 aliphatic heterocycles. The summed E-state index contributed by atoms with van der Waals surface area (Å²) in [6.07, 6.45) is 4.51. The minimum Gasteiger partial charge on any atom is -0.462 e. The largest absolute Gasteiger partial charge is 0.462 e. The normalized spacial score (nSPS) is 26.6. The summed E-state index contributed by atoms with van der Waals surface area (Å²) in [6, 6.07) is 20.5. The van der Waals surface area contributed by atoms with Crippen LogP contribution in [0.15, 0.2) is 60.7 Å². The van der Waals surface area contributed by atoms with Crippen molar-refractivity contribution in [2.45, 2.75) is 55.7 Å². The van der Waals surface area contributed by atoms with Gasteiger partial charge < -0.3 is 14.7 Å². The lowest BCUT2D eigenvalue weighted by molar-refractivity contribution is -0.161. The lowest BCUT2D eigenvalue weighted by atomic mass is 9.76. The molecule has 0 aliphatic carbocycles. The average molecular weight is 380 g/mol. The quantitative estimate of drug-likeness (QED) is 0.782. The number of benzene rings is 2. The number of carbonyl (C=O) groups is 1. The molecule has 2 fully saturated rings. The Hall–Kier alpha value is -2.17. The van der Waals surface area contributed by atoms with Crippen LogP contribution >= 0.6 is 0 Å². The van der Waals surface area contributed by atoms with E-state index >= 15 is 0 Å². The molecular formula is C24H29NO3. The highest BCUT2D eigenvalue weighted by atomic mass is 16.5. The van der Waals surface area contributed by atoms with Gasteiger partial charge in [0, 0.05) is 12.1 Å². The number of hydrogen-bond donors (Lipinski definition) is 1. The van der Waals surface area contributed by atoms with Gasteiger partial charge in [-0.15, -0.1) is 0 Å². The smallest absolute Gasteiger partial charge is 0.319 e. The molecule has 2 bridgehead atoms. The number of esters is 1. The first-order valence-electron chi connectivity index (χ1n) is 10.3. The van der Waals surface area contributed by atoms with Crippen LogP contribution in [-0.4, -0.2) is 47.8 Å². The highest BCUT2D eigenvalue weighted by molar-refractivity contribution is 5.84. The molecule has 28 heavy (non-hydrogen) atoms. The molecule has 2 aromatic carbocycles. The van der Waals surface area contributed by atoms with E-state index in [-0.39, 0.29) is 18.7 Å². The molecule has 4 nitrogen and oxygen atoms in total. The standard InChI is InChI=1S/C24H29NO3/c1-25-20-12-13-21(25)15-22(14-20)28-23(27)24(17-26,19-10-6-3-7-11-19)16-18-8-4-2-5-9-18/h2-11,20-22,26H,12-17H2,1H3/t20-,21+,22+,24?. The molecule has 2 aromatic rings. The Bertz CT molecular complexity index is 780. The molecule has 4 heteroatoms. The second-order valence-electron chi connectivity index (χ2n) is 8.32. The molecule has 0 spiro atoms. The summed E-state index contributed by atoms with van der Waals surface area (Å²) in [5, 5.41) is 10.4. The molecule has 1 N–H and O–H groups in total. The van der Waals surface area contributed by atoms with Crippen LogP contribution in [0.2, 0.25) is 0 Å². The maximum Gasteiger partial charge on any atom is 0.319 e. The summed E-state index contributed by atoms with van der Waals surface area (Å²) in [4.78, 5) is 15.9. The fraction of sp³-hybridized carbons (Fsp3) is 0.458. The number of aliphatic hydroxyl groups is 1. The minimum absolute atomic E-state index is 0.0633. The third-order valence-electron chi connectivity index (χ3n) is 6.66. The van der Waals surface area contributed by atoms with Crippen molar-refractivity contribution >= 4 is 5.97 Å². The van der Waals surface area contributed by atoms with Crippen molar-refractivity contribution in [2.75, 3.05) is 13.7 Å². The van der Waals surface area contributed by atoms with Gasteiger partial charge >= 0.3 is 5.97 Å². The zero-order chi connectivity index (χ0) is 19.6. The molecule has 2 aliphatic rings. The van der Waals surface area contributed by atoms with Gasteiger partial charge in [-0.2, -0.15) is 0 Å². The van der Waals surface area contributed by atoms with Gasteiger partial charge in [0.15, 0.2) is 0 Å². The third-order valence-corrected chi connectivity index (χ3v) is 6.66. The van der Waals surface area contributed by atoms with E-state index in [1.807, 2.05) is 60.7 Å². The van der Waals surface area contributed by atoms with Crippen molar-refractivity contribution in [1.29, 1.82) is 0 Å². The highest BCUT2D eigenvalue weighted by Gasteiger charge is 2.45. The maximum atomic E-state index is 13.5. The summed E-state index contributed by atoms with van der Waals surface area (Å²) in [7, 11) is 2.18. The predicted octanol–water partition coefficient (Wildman–Crippen LogP) is 3.33. The number of nitrogens with zero attached hydrogens (tertiary/aromatic N) is 1. The van der Waals surface area contributed by atoms with Crippen LogP contribution in [0.3, 0.4) is 0 Å². The van der Waals surface area contributed by atoms with Gasteiger partial charge in [-0.3, -0.25) is 4.79 Å². The van der Waals surface area contributed by atoms with Crippen LogP contribution < -0.4 is 0 Å². The van der Waals surface area contributed by atoms with E-state index in [2.05, 4.69) is 11.9 Å². The summed E-state index contributed by atoms with van der Waals surface area (Å²) in [5.74, 6) is -0.306. The predicted molar refractivity (Wildman–Crippen MR) is 109 cm³/mol. The lowest BCUT2D eigenvalue weighted by Gasteiger charge is -2.38. The Kier molecular flexibility index (Phi) is 5.51. The molecule has 2 saturated heterocycles. The first-order valence-corrected chi connectivity index (χ1v) is 10.3. The zero-order valence-electron chi connectivity index (χ0n) is 16.5. The van der Waals surface area contributed by atoms with Crippen molar-refractivity contribution in [3.63, 3.8) is 0 Å². The molecule has 1 unspecified atom stereocenters. The van der Waals surface area contributed by atoms with E-state index in [4.69, 9.17) is 4.74 Å². The van der Waals surface area contributed by atoms with E-state index in [1.165, 1.54) is 12.8 Å². The fourth-order valence-electron chi connectivity index (χ4n) is 4.93. The van der Waals surface area contributed by atoms with Crippen molar-refractivity contribution in [2.24, 2.45) is 0 Å². The summed E-state index contributed by atoms with van der Waals surface area (Å²) in [6.45, 7) is -0.274. The fourth-order valence-corrected chi connectivity index (χ4v) is 4.93. The molecule has 4 rings (SSSR count). The maximum absolute atomic E-state index is 13.5.